The molecule has 0 aliphatic rings. The number of rotatable bonds is 1. The first-order valence-electron chi connectivity index (χ1n) is 2.46. The number of ether oxygens (including phenoxy) is 1. The Morgan fingerprint density at radius 1 is 1.64 bits per heavy atom. The molecule has 0 saturated heterocycles. The lowest BCUT2D eigenvalue weighted by molar-refractivity contribution is 0.326. The van der Waals surface area contributed by atoms with Crippen molar-refractivity contribution in [2.45, 2.75) is 0 Å². The molecular weight excluding hydrogens is 378 g/mol. The maximum absolute atomic E-state index is 10.5. The number of hydrogen-bond donors (Lipinski definition) is 0. The van der Waals surface area contributed by atoms with E-state index in [1.807, 2.05) is 0 Å². The van der Waals surface area contributed by atoms with Gasteiger partial charge in [-0.05, 0) is 5.16 Å². The lowest BCUT2D eigenvalue weighted by Crippen LogP contribution is -2.09. The molecule has 11 heavy (non-hydrogen) atoms. The number of nitrogens with zero attached hydrogens (tertiary/aromatic N) is 2. The van der Waals surface area contributed by atoms with Crippen LogP contribution in [0.25, 0.3) is 0 Å². The Bertz CT molecular complexity index is 256. The van der Waals surface area contributed by atoms with Gasteiger partial charge in [-0.2, -0.15) is 0 Å². The van der Waals surface area contributed by atoms with Crippen molar-refractivity contribution in [3.8, 4) is 6.01 Å². The van der Waals surface area contributed by atoms with Gasteiger partial charge in [-0.15, -0.1) is 0 Å². The zero-order chi connectivity index (χ0) is 8.85. The average Bonchev–Trinajstić information content (AvgIpc) is 2.37. The van der Waals surface area contributed by atoms with E-state index in [4.69, 9.17) is 0 Å². The first kappa shape index (κ1) is 11.2. The van der Waals surface area contributed by atoms with Gasteiger partial charge in [0.2, 0.25) is 0 Å². The monoisotopic (exact) mass is 384 g/mol. The first-order valence-corrected chi connectivity index (χ1v) is 8.75. The Balaban J connectivity index is 0.000000461. The molecule has 1 rings (SSSR count). The third-order valence-electron chi connectivity index (χ3n) is 0.945. The Kier molecular flexibility index (Phi) is 5.91. The lowest BCUT2D eigenvalue weighted by atomic mass is 11.0. The van der Waals surface area contributed by atoms with Crippen molar-refractivity contribution in [2.75, 3.05) is 7.11 Å². The summed E-state index contributed by atoms with van der Waals surface area (Å²) in [5, 5.41) is 3.29. The fourth-order valence-electron chi connectivity index (χ4n) is 0.453. The van der Waals surface area contributed by atoms with Crippen LogP contribution in [-0.2, 0) is 7.05 Å². The molecule has 0 aromatic carbocycles. The van der Waals surface area contributed by atoms with Gasteiger partial charge in [0, 0.05) is 44.3 Å². The van der Waals surface area contributed by atoms with E-state index < -0.39 is 5.76 Å². The standard InChI is InChI=1S/C4H6N2O3.I2/c1-6-3(8-2)5-9-4(6)7;1-2/h1-2H3;. The highest BCUT2D eigenvalue weighted by molar-refractivity contribution is 15.0. The molecule has 0 aliphatic carbocycles. The van der Waals surface area contributed by atoms with Crippen molar-refractivity contribution in [3.63, 3.8) is 0 Å². The first-order chi connectivity index (χ1) is 5.25. The molecule has 0 spiro atoms. The van der Waals surface area contributed by atoms with Crippen LogP contribution < -0.4 is 10.5 Å². The van der Waals surface area contributed by atoms with Gasteiger partial charge in [0.1, 0.15) is 0 Å². The van der Waals surface area contributed by atoms with Crippen molar-refractivity contribution in [3.05, 3.63) is 10.6 Å². The van der Waals surface area contributed by atoms with Crippen LogP contribution in [0.15, 0.2) is 9.32 Å². The van der Waals surface area contributed by atoms with Crippen LogP contribution in [0.5, 0.6) is 6.01 Å². The summed E-state index contributed by atoms with van der Waals surface area (Å²) in [6.45, 7) is 0. The second-order valence-electron chi connectivity index (χ2n) is 1.49. The van der Waals surface area contributed by atoms with E-state index in [-0.39, 0.29) is 6.01 Å². The molecule has 0 radical (unpaired) electrons. The molecule has 1 heterocycles. The van der Waals surface area contributed by atoms with E-state index in [1.54, 1.807) is 0 Å². The van der Waals surface area contributed by atoms with Crippen LogP contribution in [-0.4, -0.2) is 16.8 Å². The predicted molar refractivity (Wildman–Crippen MR) is 56.3 cm³/mol. The van der Waals surface area contributed by atoms with Gasteiger partial charge in [-0.1, -0.05) is 0 Å². The Morgan fingerprint density at radius 3 is 2.36 bits per heavy atom. The van der Waals surface area contributed by atoms with E-state index >= 15 is 0 Å². The molecule has 64 valence electrons. The smallest absolute Gasteiger partial charge is 0.444 e. The lowest BCUT2D eigenvalue weighted by Gasteiger charge is -1.90. The Morgan fingerprint density at radius 2 is 2.18 bits per heavy atom. The van der Waals surface area contributed by atoms with Gasteiger partial charge in [0.05, 0.1) is 7.11 Å². The van der Waals surface area contributed by atoms with Crippen molar-refractivity contribution >= 4 is 37.2 Å². The van der Waals surface area contributed by atoms with Crippen LogP contribution in [0.2, 0.25) is 0 Å². The Hall–Kier alpha value is 0.200. The predicted octanol–water partition coefficient (Wildman–Crippen LogP) is 1.15. The summed E-state index contributed by atoms with van der Waals surface area (Å²) in [5.41, 5.74) is 0. The summed E-state index contributed by atoms with van der Waals surface area (Å²) < 4.78 is 10.0. The summed E-state index contributed by atoms with van der Waals surface area (Å²) >= 11 is 4.24. The highest BCUT2D eigenvalue weighted by Crippen LogP contribution is 1.96. The van der Waals surface area contributed by atoms with Gasteiger partial charge in [0.25, 0.3) is 0 Å². The van der Waals surface area contributed by atoms with E-state index in [0.717, 1.165) is 0 Å². The van der Waals surface area contributed by atoms with Crippen molar-refractivity contribution in [2.24, 2.45) is 7.05 Å². The molecule has 5 nitrogen and oxygen atoms in total. The summed E-state index contributed by atoms with van der Waals surface area (Å²) in [4.78, 5) is 10.5. The van der Waals surface area contributed by atoms with Crippen molar-refractivity contribution in [1.82, 2.24) is 9.72 Å². The molecule has 0 saturated carbocycles. The molecule has 0 aliphatic heterocycles. The fourth-order valence-corrected chi connectivity index (χ4v) is 0.453. The van der Waals surface area contributed by atoms with E-state index in [9.17, 15) is 4.79 Å². The number of aromatic nitrogens is 2. The minimum atomic E-state index is -0.521. The summed E-state index contributed by atoms with van der Waals surface area (Å²) in [5.74, 6) is -0.521. The molecule has 0 bridgehead atoms. The maximum atomic E-state index is 10.5. The van der Waals surface area contributed by atoms with Gasteiger partial charge in [-0.25, -0.2) is 9.36 Å². The Labute approximate surface area is 86.4 Å². The number of methoxy groups -OCH3 is 1. The zero-order valence-electron chi connectivity index (χ0n) is 5.88. The molecule has 7 heteroatoms. The molecule has 0 unspecified atom stereocenters. The average molecular weight is 384 g/mol. The minimum absolute atomic E-state index is 0.181. The van der Waals surface area contributed by atoms with E-state index in [1.165, 1.54) is 18.7 Å². The second kappa shape index (κ2) is 5.80. The maximum Gasteiger partial charge on any atom is 0.444 e. The molecule has 0 fully saturated rings. The van der Waals surface area contributed by atoms with E-state index in [0.29, 0.717) is 0 Å². The number of halogens is 2. The molecule has 1 aromatic heterocycles. The summed E-state index contributed by atoms with van der Waals surface area (Å²) in [6.07, 6.45) is 0. The summed E-state index contributed by atoms with van der Waals surface area (Å²) in [7, 11) is 2.93. The third kappa shape index (κ3) is 2.97. The van der Waals surface area contributed by atoms with Crippen LogP contribution >= 0.6 is 37.2 Å². The van der Waals surface area contributed by atoms with Crippen LogP contribution in [0, 0.1) is 0 Å². The largest absolute Gasteiger partial charge is 0.466 e. The molecule has 1 aromatic rings. The second-order valence-corrected chi connectivity index (χ2v) is 1.49. The van der Waals surface area contributed by atoms with Gasteiger partial charge in [-0.3, -0.25) is 4.52 Å². The third-order valence-corrected chi connectivity index (χ3v) is 0.945. The van der Waals surface area contributed by atoms with Crippen LogP contribution in [0.1, 0.15) is 0 Å². The van der Waals surface area contributed by atoms with E-state index in [2.05, 4.69) is 51.6 Å². The normalized spacial score (nSPS) is 8.36. The molecule has 0 N–H and O–H groups in total. The highest BCUT2D eigenvalue weighted by Gasteiger charge is 2.03. The quantitative estimate of drug-likeness (QED) is 0.683. The topological polar surface area (TPSA) is 57.3 Å². The molecular formula is C4H6I2N2O3. The number of hydrogen-bond acceptors (Lipinski definition) is 4. The van der Waals surface area contributed by atoms with Crippen molar-refractivity contribution < 1.29 is 9.26 Å². The minimum Gasteiger partial charge on any atom is -0.466 e. The SMILES string of the molecule is COc1noc(=O)n1C.II. The van der Waals surface area contributed by atoms with Gasteiger partial charge < -0.3 is 4.74 Å². The highest BCUT2D eigenvalue weighted by atomic mass is 128. The van der Waals surface area contributed by atoms with Crippen LogP contribution in [0.4, 0.5) is 0 Å². The van der Waals surface area contributed by atoms with Crippen molar-refractivity contribution in [1.29, 1.82) is 0 Å². The zero-order valence-corrected chi connectivity index (χ0v) is 10.2. The van der Waals surface area contributed by atoms with Crippen LogP contribution in [0.3, 0.4) is 0 Å². The summed E-state index contributed by atoms with van der Waals surface area (Å²) in [6, 6.07) is 0.181. The fraction of sp³-hybridized carbons (Fsp3) is 0.500. The van der Waals surface area contributed by atoms with Gasteiger partial charge >= 0.3 is 11.8 Å². The molecule has 0 amide bonds. The molecule has 0 atom stereocenters. The van der Waals surface area contributed by atoms with Gasteiger partial charge in [0.15, 0.2) is 0 Å².